The van der Waals surface area contributed by atoms with E-state index in [4.69, 9.17) is 20.2 Å². The molecule has 0 saturated heterocycles. The maximum Gasteiger partial charge on any atom is 0.262 e. The van der Waals surface area contributed by atoms with Gasteiger partial charge in [-0.15, -0.1) is 11.8 Å². The highest BCUT2D eigenvalue weighted by molar-refractivity contribution is 8.14. The third kappa shape index (κ3) is 1.89. The Morgan fingerprint density at radius 1 is 1.40 bits per heavy atom. The number of hydrogen-bond acceptors (Lipinski definition) is 5. The Hall–Kier alpha value is -0.590. The van der Waals surface area contributed by atoms with Gasteiger partial charge in [0, 0.05) is 10.7 Å². The largest absolute Gasteiger partial charge is 0.454 e. The standard InChI is InChI=1S/C8H7ClO4S2/c1-14-8-6(15(9,10)11)3-2-5-7(8)13-4-12-5/h2-3H,4H2,1H3. The summed E-state index contributed by atoms with van der Waals surface area (Å²) in [4.78, 5) is 0.543. The quantitative estimate of drug-likeness (QED) is 0.606. The number of thioether (sulfide) groups is 1. The Morgan fingerprint density at radius 2 is 2.13 bits per heavy atom. The molecule has 0 N–H and O–H groups in total. The van der Waals surface area contributed by atoms with E-state index in [0.29, 0.717) is 16.4 Å². The molecule has 0 unspecified atom stereocenters. The first-order valence-electron chi connectivity index (χ1n) is 3.95. The normalized spacial score (nSPS) is 14.3. The third-order valence-electron chi connectivity index (χ3n) is 1.92. The first-order chi connectivity index (χ1) is 7.04. The Kier molecular flexibility index (Phi) is 2.74. The number of halogens is 1. The van der Waals surface area contributed by atoms with Crippen molar-refractivity contribution in [1.82, 2.24) is 0 Å². The SMILES string of the molecule is CSc1c(S(=O)(=O)Cl)ccc2c1OCO2. The van der Waals surface area contributed by atoms with Crippen molar-refractivity contribution in [1.29, 1.82) is 0 Å². The van der Waals surface area contributed by atoms with Gasteiger partial charge < -0.3 is 9.47 Å². The van der Waals surface area contributed by atoms with Crippen molar-refractivity contribution in [3.63, 3.8) is 0 Å². The molecule has 0 radical (unpaired) electrons. The van der Waals surface area contributed by atoms with Gasteiger partial charge in [-0.05, 0) is 18.4 Å². The Morgan fingerprint density at radius 3 is 2.73 bits per heavy atom. The number of fused-ring (bicyclic) bond motifs is 1. The fourth-order valence-electron chi connectivity index (χ4n) is 1.31. The second kappa shape index (κ2) is 3.77. The molecule has 0 atom stereocenters. The molecule has 0 fully saturated rings. The third-order valence-corrected chi connectivity index (χ3v) is 4.23. The van der Waals surface area contributed by atoms with E-state index < -0.39 is 9.05 Å². The van der Waals surface area contributed by atoms with Crippen LogP contribution in [-0.4, -0.2) is 21.5 Å². The Labute approximate surface area is 95.9 Å². The summed E-state index contributed by atoms with van der Waals surface area (Å²) >= 11 is 1.26. The minimum absolute atomic E-state index is 0.0564. The van der Waals surface area contributed by atoms with Crippen LogP contribution >= 0.6 is 22.4 Å². The second-order valence-corrected chi connectivity index (χ2v) is 6.12. The van der Waals surface area contributed by atoms with Crippen molar-refractivity contribution in [3.05, 3.63) is 12.1 Å². The van der Waals surface area contributed by atoms with Gasteiger partial charge in [-0.3, -0.25) is 0 Å². The van der Waals surface area contributed by atoms with E-state index in [0.717, 1.165) is 0 Å². The smallest absolute Gasteiger partial charge is 0.262 e. The Bertz CT molecular complexity index is 498. The number of benzene rings is 1. The fraction of sp³-hybridized carbons (Fsp3) is 0.250. The summed E-state index contributed by atoms with van der Waals surface area (Å²) < 4.78 is 32.9. The van der Waals surface area contributed by atoms with Crippen LogP contribution in [0.1, 0.15) is 0 Å². The van der Waals surface area contributed by atoms with Crippen LogP contribution in [-0.2, 0) is 9.05 Å². The number of ether oxygens (including phenoxy) is 2. The maximum atomic E-state index is 11.3. The molecule has 1 aliphatic heterocycles. The lowest BCUT2D eigenvalue weighted by molar-refractivity contribution is 0.172. The minimum Gasteiger partial charge on any atom is -0.454 e. The molecule has 1 aromatic rings. The summed E-state index contributed by atoms with van der Waals surface area (Å²) in [5, 5.41) is 0. The highest BCUT2D eigenvalue weighted by Crippen LogP contribution is 2.44. The van der Waals surface area contributed by atoms with Crippen molar-refractivity contribution in [2.75, 3.05) is 13.0 Å². The van der Waals surface area contributed by atoms with Gasteiger partial charge in [-0.1, -0.05) is 0 Å². The van der Waals surface area contributed by atoms with Crippen molar-refractivity contribution in [3.8, 4) is 11.5 Å². The highest BCUT2D eigenvalue weighted by atomic mass is 35.7. The van der Waals surface area contributed by atoms with Crippen LogP contribution in [0.4, 0.5) is 0 Å². The summed E-state index contributed by atoms with van der Waals surface area (Å²) in [6.07, 6.45) is 1.75. The first-order valence-corrected chi connectivity index (χ1v) is 7.48. The molecule has 7 heteroatoms. The molecule has 82 valence electrons. The summed E-state index contributed by atoms with van der Waals surface area (Å²) in [7, 11) is 1.56. The zero-order valence-corrected chi connectivity index (χ0v) is 10.1. The molecular weight excluding hydrogens is 260 g/mol. The van der Waals surface area contributed by atoms with Crippen LogP contribution in [0.25, 0.3) is 0 Å². The molecule has 1 aromatic carbocycles. The van der Waals surface area contributed by atoms with E-state index in [-0.39, 0.29) is 11.7 Å². The average molecular weight is 267 g/mol. The monoisotopic (exact) mass is 266 g/mol. The number of rotatable bonds is 2. The molecule has 1 aliphatic rings. The van der Waals surface area contributed by atoms with Gasteiger partial charge in [-0.25, -0.2) is 8.42 Å². The predicted molar refractivity (Wildman–Crippen MR) is 57.4 cm³/mol. The van der Waals surface area contributed by atoms with Crippen LogP contribution in [0.15, 0.2) is 21.9 Å². The van der Waals surface area contributed by atoms with E-state index in [1.807, 2.05) is 0 Å². The van der Waals surface area contributed by atoms with E-state index in [1.165, 1.54) is 23.9 Å². The average Bonchev–Trinajstić information content (AvgIpc) is 2.61. The van der Waals surface area contributed by atoms with Gasteiger partial charge in [0.25, 0.3) is 9.05 Å². The van der Waals surface area contributed by atoms with Crippen molar-refractivity contribution in [2.45, 2.75) is 9.79 Å². The molecule has 0 aliphatic carbocycles. The van der Waals surface area contributed by atoms with Crippen LogP contribution in [0.5, 0.6) is 11.5 Å². The summed E-state index contributed by atoms with van der Waals surface area (Å²) in [5.74, 6) is 0.993. The van der Waals surface area contributed by atoms with Crippen molar-refractivity contribution < 1.29 is 17.9 Å². The van der Waals surface area contributed by atoms with Gasteiger partial charge in [0.05, 0.1) is 9.79 Å². The lowest BCUT2D eigenvalue weighted by Crippen LogP contribution is -1.95. The van der Waals surface area contributed by atoms with Crippen molar-refractivity contribution in [2.24, 2.45) is 0 Å². The van der Waals surface area contributed by atoms with Crippen molar-refractivity contribution >= 4 is 31.5 Å². The van der Waals surface area contributed by atoms with Crippen LogP contribution in [0.3, 0.4) is 0 Å². The molecule has 2 rings (SSSR count). The maximum absolute atomic E-state index is 11.3. The summed E-state index contributed by atoms with van der Waals surface area (Å²) in [5.41, 5.74) is 0. The van der Waals surface area contributed by atoms with Crippen LogP contribution in [0, 0.1) is 0 Å². The van der Waals surface area contributed by atoms with E-state index in [9.17, 15) is 8.42 Å². The van der Waals surface area contributed by atoms with E-state index in [1.54, 1.807) is 6.26 Å². The molecule has 0 spiro atoms. The molecule has 0 saturated carbocycles. The Balaban J connectivity index is 2.69. The van der Waals surface area contributed by atoms with Gasteiger partial charge in [-0.2, -0.15) is 0 Å². The zero-order chi connectivity index (χ0) is 11.1. The van der Waals surface area contributed by atoms with Gasteiger partial charge in [0.2, 0.25) is 6.79 Å². The fourth-order valence-corrected chi connectivity index (χ4v) is 3.58. The molecule has 15 heavy (non-hydrogen) atoms. The topological polar surface area (TPSA) is 52.6 Å². The lowest BCUT2D eigenvalue weighted by Gasteiger charge is -2.06. The second-order valence-electron chi connectivity index (χ2n) is 2.77. The van der Waals surface area contributed by atoms with Crippen LogP contribution in [0.2, 0.25) is 0 Å². The molecule has 0 amide bonds. The first kappa shape index (κ1) is 10.9. The molecule has 4 nitrogen and oxygen atoms in total. The van der Waals surface area contributed by atoms with Crippen LogP contribution < -0.4 is 9.47 Å². The van der Waals surface area contributed by atoms with E-state index in [2.05, 4.69) is 0 Å². The van der Waals surface area contributed by atoms with Gasteiger partial charge >= 0.3 is 0 Å². The summed E-state index contributed by atoms with van der Waals surface area (Å²) in [6.45, 7) is 0.106. The molecule has 0 bridgehead atoms. The highest BCUT2D eigenvalue weighted by Gasteiger charge is 2.25. The molecule has 1 heterocycles. The van der Waals surface area contributed by atoms with Gasteiger partial charge in [0.15, 0.2) is 11.5 Å². The predicted octanol–water partition coefficient (Wildman–Crippen LogP) is 2.06. The summed E-state index contributed by atoms with van der Waals surface area (Å²) in [6, 6.07) is 2.96. The van der Waals surface area contributed by atoms with Gasteiger partial charge in [0.1, 0.15) is 0 Å². The molecular formula is C8H7ClO4S2. The lowest BCUT2D eigenvalue weighted by atomic mass is 10.3. The molecule has 0 aromatic heterocycles. The number of hydrogen-bond donors (Lipinski definition) is 0. The minimum atomic E-state index is -3.75. The van der Waals surface area contributed by atoms with E-state index >= 15 is 0 Å². The zero-order valence-electron chi connectivity index (χ0n) is 7.69.